The molecule has 2 aliphatic heterocycles. The maximum Gasteiger partial charge on any atom is 0.256 e. The van der Waals surface area contributed by atoms with E-state index < -0.39 is 5.82 Å². The van der Waals surface area contributed by atoms with Crippen LogP contribution in [0.25, 0.3) is 11.6 Å². The van der Waals surface area contributed by atoms with Crippen LogP contribution in [-0.2, 0) is 16.0 Å². The third-order valence-electron chi connectivity index (χ3n) is 6.17. The molecule has 2 aliphatic rings. The summed E-state index contributed by atoms with van der Waals surface area (Å²) in [5.41, 5.74) is 3.88. The highest BCUT2D eigenvalue weighted by atomic mass is 19.1. The first-order chi connectivity index (χ1) is 15.2. The first-order valence-electron chi connectivity index (χ1n) is 10.8. The Hall–Kier alpha value is -3.26. The Balaban J connectivity index is 1.64. The van der Waals surface area contributed by atoms with Gasteiger partial charge in [0.05, 0.1) is 5.57 Å². The van der Waals surface area contributed by atoms with Crippen molar-refractivity contribution in [2.45, 2.75) is 26.7 Å². The van der Waals surface area contributed by atoms with Crippen molar-refractivity contribution in [3.8, 4) is 0 Å². The lowest BCUT2D eigenvalue weighted by Crippen LogP contribution is -2.47. The number of H-pyrrole nitrogens is 1. The Morgan fingerprint density at radius 1 is 1.19 bits per heavy atom. The van der Waals surface area contributed by atoms with Gasteiger partial charge >= 0.3 is 0 Å². The fraction of sp³-hybridized carbons (Fsp3) is 0.375. The van der Waals surface area contributed by atoms with Gasteiger partial charge in [0.1, 0.15) is 5.82 Å². The molecular weight excluding hydrogens is 411 g/mol. The molecule has 2 N–H and O–H groups in total. The van der Waals surface area contributed by atoms with E-state index in [1.54, 1.807) is 13.0 Å². The predicted molar refractivity (Wildman–Crippen MR) is 121 cm³/mol. The molecule has 2 amide bonds. The van der Waals surface area contributed by atoms with E-state index in [0.717, 1.165) is 13.1 Å². The minimum absolute atomic E-state index is 0.0519. The van der Waals surface area contributed by atoms with Crippen molar-refractivity contribution in [3.63, 3.8) is 0 Å². The molecule has 0 radical (unpaired) electrons. The van der Waals surface area contributed by atoms with E-state index in [9.17, 15) is 18.8 Å². The number of nitrogens with zero attached hydrogens (tertiary/aromatic N) is 2. The van der Waals surface area contributed by atoms with E-state index >= 15 is 0 Å². The van der Waals surface area contributed by atoms with E-state index in [1.807, 2.05) is 11.9 Å². The van der Waals surface area contributed by atoms with Crippen LogP contribution in [0.2, 0.25) is 0 Å². The van der Waals surface area contributed by atoms with Crippen molar-refractivity contribution in [1.82, 2.24) is 14.8 Å². The molecule has 7 nitrogen and oxygen atoms in total. The number of anilines is 1. The lowest BCUT2D eigenvalue weighted by molar-refractivity contribution is -0.132. The quantitative estimate of drug-likeness (QED) is 0.555. The Morgan fingerprint density at radius 2 is 1.91 bits per heavy atom. The van der Waals surface area contributed by atoms with E-state index in [4.69, 9.17) is 0 Å². The van der Waals surface area contributed by atoms with Crippen molar-refractivity contribution < 1.29 is 18.8 Å². The lowest BCUT2D eigenvalue weighted by atomic mass is 9.98. The number of hydrogen-bond donors (Lipinski definition) is 2. The third kappa shape index (κ3) is 4.23. The Kier molecular flexibility index (Phi) is 5.97. The standard InChI is InChI=1S/C24H27FN4O3/c1-14-23(15(2)30)17(5-7-22(31)29-10-8-28(3)9-11-29)21(26-14)13-19-18-12-16(25)4-6-20(18)27-24(19)32/h4,6,12-13,26H,5,7-11H2,1-3H3,(H,27,32). The zero-order valence-electron chi connectivity index (χ0n) is 18.5. The fourth-order valence-corrected chi connectivity index (χ4v) is 4.45. The number of benzene rings is 1. The third-order valence-corrected chi connectivity index (χ3v) is 6.17. The molecule has 32 heavy (non-hydrogen) atoms. The van der Waals surface area contributed by atoms with Gasteiger partial charge in [-0.25, -0.2) is 4.39 Å². The molecule has 2 aromatic rings. The molecule has 0 atom stereocenters. The molecular formula is C24H27FN4O3. The number of ketones is 1. The van der Waals surface area contributed by atoms with Gasteiger partial charge in [0, 0.05) is 60.8 Å². The maximum atomic E-state index is 13.8. The van der Waals surface area contributed by atoms with Gasteiger partial charge in [-0.3, -0.25) is 14.4 Å². The fourth-order valence-electron chi connectivity index (χ4n) is 4.45. The van der Waals surface area contributed by atoms with E-state index in [-0.39, 0.29) is 24.0 Å². The summed E-state index contributed by atoms with van der Waals surface area (Å²) in [6.07, 6.45) is 2.30. The topological polar surface area (TPSA) is 85.5 Å². The number of Topliss-reactive ketones (excluding diaryl/α,β-unsaturated/α-hetero) is 1. The van der Waals surface area contributed by atoms with Crippen molar-refractivity contribution in [2.75, 3.05) is 38.5 Å². The van der Waals surface area contributed by atoms with Gasteiger partial charge in [-0.15, -0.1) is 0 Å². The van der Waals surface area contributed by atoms with Crippen LogP contribution >= 0.6 is 0 Å². The second-order valence-electron chi connectivity index (χ2n) is 8.46. The smallest absolute Gasteiger partial charge is 0.256 e. The molecule has 0 saturated carbocycles. The van der Waals surface area contributed by atoms with Crippen LogP contribution in [0.15, 0.2) is 18.2 Å². The van der Waals surface area contributed by atoms with Gasteiger partial charge in [0.25, 0.3) is 5.91 Å². The first-order valence-corrected chi connectivity index (χ1v) is 10.8. The van der Waals surface area contributed by atoms with Gasteiger partial charge in [0.2, 0.25) is 5.91 Å². The molecule has 8 heteroatoms. The summed E-state index contributed by atoms with van der Waals surface area (Å²) >= 11 is 0. The summed E-state index contributed by atoms with van der Waals surface area (Å²) in [5, 5.41) is 2.74. The molecule has 168 valence electrons. The van der Waals surface area contributed by atoms with Gasteiger partial charge in [-0.2, -0.15) is 0 Å². The highest BCUT2D eigenvalue weighted by Gasteiger charge is 2.27. The molecule has 1 fully saturated rings. The van der Waals surface area contributed by atoms with Crippen LogP contribution in [0.5, 0.6) is 0 Å². The average molecular weight is 439 g/mol. The summed E-state index contributed by atoms with van der Waals surface area (Å²) in [6.45, 7) is 6.37. The van der Waals surface area contributed by atoms with Gasteiger partial charge in [-0.1, -0.05) is 0 Å². The number of fused-ring (bicyclic) bond motifs is 1. The zero-order valence-corrected chi connectivity index (χ0v) is 18.5. The Labute approximate surface area is 186 Å². The molecule has 3 heterocycles. The second kappa shape index (κ2) is 8.70. The van der Waals surface area contributed by atoms with Crippen molar-refractivity contribution in [2.24, 2.45) is 0 Å². The number of halogens is 1. The molecule has 0 aliphatic carbocycles. The summed E-state index contributed by atoms with van der Waals surface area (Å²) in [5.74, 6) is -0.818. The van der Waals surface area contributed by atoms with Crippen LogP contribution < -0.4 is 5.32 Å². The van der Waals surface area contributed by atoms with Crippen molar-refractivity contribution >= 4 is 34.9 Å². The molecule has 1 saturated heterocycles. The highest BCUT2D eigenvalue weighted by molar-refractivity contribution is 6.34. The minimum Gasteiger partial charge on any atom is -0.358 e. The van der Waals surface area contributed by atoms with Crippen LogP contribution in [-0.4, -0.2) is 65.6 Å². The number of amides is 2. The number of carbonyl (C=O) groups excluding carboxylic acids is 3. The SMILES string of the molecule is CC(=O)c1c(C)[nH]c(C=C2C(=O)Nc3ccc(F)cc32)c1CCC(=O)N1CCN(C)CC1. The number of rotatable bonds is 5. The van der Waals surface area contributed by atoms with Crippen LogP contribution in [0.1, 0.15) is 46.2 Å². The first kappa shape index (κ1) is 22.0. The highest BCUT2D eigenvalue weighted by Crippen LogP contribution is 2.35. The van der Waals surface area contributed by atoms with E-state index in [2.05, 4.69) is 15.2 Å². The van der Waals surface area contributed by atoms with Crippen molar-refractivity contribution in [1.29, 1.82) is 0 Å². The number of nitrogens with one attached hydrogen (secondary N) is 2. The normalized spacial score (nSPS) is 17.6. The molecule has 0 spiro atoms. The van der Waals surface area contributed by atoms with Crippen LogP contribution in [0, 0.1) is 12.7 Å². The largest absolute Gasteiger partial charge is 0.358 e. The number of aromatic amines is 1. The number of likely N-dealkylation sites (N-methyl/N-ethyl adjacent to an activating group) is 1. The minimum atomic E-state index is -0.434. The zero-order chi connectivity index (χ0) is 23.0. The van der Waals surface area contributed by atoms with E-state index in [0.29, 0.717) is 58.8 Å². The Bertz CT molecular complexity index is 1130. The molecule has 0 bridgehead atoms. The summed E-state index contributed by atoms with van der Waals surface area (Å²) in [7, 11) is 2.03. The Morgan fingerprint density at radius 3 is 2.59 bits per heavy atom. The maximum absolute atomic E-state index is 13.8. The molecule has 0 unspecified atom stereocenters. The lowest BCUT2D eigenvalue weighted by Gasteiger charge is -2.32. The summed E-state index contributed by atoms with van der Waals surface area (Å²) in [4.78, 5) is 44.9. The number of piperazine rings is 1. The van der Waals surface area contributed by atoms with Crippen LogP contribution in [0.4, 0.5) is 10.1 Å². The second-order valence-corrected chi connectivity index (χ2v) is 8.46. The molecule has 1 aromatic carbocycles. The monoisotopic (exact) mass is 438 g/mol. The number of aryl methyl sites for hydroxylation is 1. The van der Waals surface area contributed by atoms with Crippen molar-refractivity contribution in [3.05, 3.63) is 52.1 Å². The number of carbonyl (C=O) groups is 3. The van der Waals surface area contributed by atoms with Gasteiger partial charge < -0.3 is 20.1 Å². The average Bonchev–Trinajstić information content (AvgIpc) is 3.22. The van der Waals surface area contributed by atoms with Crippen LogP contribution in [0.3, 0.4) is 0 Å². The summed E-state index contributed by atoms with van der Waals surface area (Å²) < 4.78 is 13.8. The molecule has 4 rings (SSSR count). The summed E-state index contributed by atoms with van der Waals surface area (Å²) in [6, 6.07) is 4.14. The van der Waals surface area contributed by atoms with E-state index in [1.165, 1.54) is 25.1 Å². The van der Waals surface area contributed by atoms with Gasteiger partial charge in [-0.05, 0) is 57.2 Å². The number of aromatic nitrogens is 1. The predicted octanol–water partition coefficient (Wildman–Crippen LogP) is 2.86. The number of hydrogen-bond acceptors (Lipinski definition) is 4. The molecule has 1 aromatic heterocycles. The van der Waals surface area contributed by atoms with Gasteiger partial charge in [0.15, 0.2) is 5.78 Å².